The molecule has 0 saturated heterocycles. The summed E-state index contributed by atoms with van der Waals surface area (Å²) in [7, 11) is -1.33. The molecule has 0 aromatic heterocycles. The molecule has 0 fully saturated rings. The van der Waals surface area contributed by atoms with Gasteiger partial charge in [-0.1, -0.05) is 19.6 Å². The molecule has 16 heavy (non-hydrogen) atoms. The zero-order valence-electron chi connectivity index (χ0n) is 12.8. The first-order valence-corrected chi connectivity index (χ1v) is 10.9. The fourth-order valence-electron chi connectivity index (χ4n) is 2.24. The Morgan fingerprint density at radius 3 is 1.50 bits per heavy atom. The van der Waals surface area contributed by atoms with Crippen LogP contribution in [0.4, 0.5) is 0 Å². The molecule has 1 atom stereocenters. The summed E-state index contributed by atoms with van der Waals surface area (Å²) in [6.07, 6.45) is 2.26. The van der Waals surface area contributed by atoms with Crippen molar-refractivity contribution in [2.45, 2.75) is 72.3 Å². The average molecular weight is 263 g/mol. The highest BCUT2D eigenvalue weighted by Crippen LogP contribution is 2.26. The largest absolute Gasteiger partial charge is 0.259 e. The normalized spacial score (nSPS) is 16.9. The predicted octanol–water partition coefficient (Wildman–Crippen LogP) is 4.07. The van der Waals surface area contributed by atoms with Crippen LogP contribution in [-0.2, 0) is 10.9 Å². The molecule has 0 saturated carbocycles. The molecule has 0 aliphatic rings. The van der Waals surface area contributed by atoms with Crippen molar-refractivity contribution < 1.29 is 0 Å². The van der Waals surface area contributed by atoms with Crippen LogP contribution in [0.2, 0.25) is 19.6 Å². The molecule has 0 spiro atoms. The lowest BCUT2D eigenvalue weighted by atomic mass is 10.1. The molecule has 0 aliphatic heterocycles. The Kier molecular flexibility index (Phi) is 5.00. The monoisotopic (exact) mass is 262 g/mol. The topological polar surface area (TPSA) is 15.6 Å². The minimum absolute atomic E-state index is 0.00386. The van der Waals surface area contributed by atoms with Gasteiger partial charge >= 0.3 is 0 Å². The lowest BCUT2D eigenvalue weighted by Gasteiger charge is -2.44. The van der Waals surface area contributed by atoms with Crippen LogP contribution < -0.4 is 0 Å². The summed E-state index contributed by atoms with van der Waals surface area (Å²) in [5, 5.41) is 0. The number of hydrogen-bond acceptors (Lipinski definition) is 1. The van der Waals surface area contributed by atoms with Gasteiger partial charge in [0.05, 0.1) is 5.54 Å². The van der Waals surface area contributed by atoms with Crippen molar-refractivity contribution in [3.63, 3.8) is 0 Å². The molecule has 0 aromatic carbocycles. The second-order valence-corrected chi connectivity index (χ2v) is 13.9. The Balaban J connectivity index is 5.33. The summed E-state index contributed by atoms with van der Waals surface area (Å²) in [6, 6.07) is 0. The molecule has 2 nitrogen and oxygen atoms in total. The van der Waals surface area contributed by atoms with Gasteiger partial charge in [0.15, 0.2) is 0 Å². The Bertz CT molecular complexity index is 252. The zero-order valence-corrected chi connectivity index (χ0v) is 14.6. The highest BCUT2D eigenvalue weighted by atomic mass is 32.2. The van der Waals surface area contributed by atoms with Crippen molar-refractivity contribution in [2.24, 2.45) is 4.36 Å². The van der Waals surface area contributed by atoms with E-state index < -0.39 is 8.24 Å². The summed E-state index contributed by atoms with van der Waals surface area (Å²) < 4.78 is 7.58. The molecule has 0 radical (unpaired) electrons. The maximum Gasteiger partial charge on any atom is 0.133 e. The standard InChI is InChI=1S/C12H30N2SSi/c1-11(2,3)13-15(7)14(12(4,5)6)16(8,9)10/h1-10H3. The van der Waals surface area contributed by atoms with E-state index in [-0.39, 0.29) is 22.0 Å². The molecule has 0 aliphatic carbocycles. The molecule has 1 unspecified atom stereocenters. The summed E-state index contributed by atoms with van der Waals surface area (Å²) >= 11 is 0. The Morgan fingerprint density at radius 2 is 1.31 bits per heavy atom. The number of nitrogens with zero attached hydrogens (tertiary/aromatic N) is 2. The van der Waals surface area contributed by atoms with E-state index in [1.807, 2.05) is 0 Å². The third-order valence-electron chi connectivity index (χ3n) is 1.89. The van der Waals surface area contributed by atoms with Crippen molar-refractivity contribution >= 4 is 19.1 Å². The molecular weight excluding hydrogens is 232 g/mol. The first kappa shape index (κ1) is 16.3. The summed E-state index contributed by atoms with van der Waals surface area (Å²) in [5.74, 6) is 0. The van der Waals surface area contributed by atoms with Crippen molar-refractivity contribution in [2.75, 3.05) is 6.26 Å². The summed E-state index contributed by atoms with van der Waals surface area (Å²) in [6.45, 7) is 20.7. The van der Waals surface area contributed by atoms with E-state index >= 15 is 0 Å². The van der Waals surface area contributed by atoms with Crippen LogP contribution in [-0.4, -0.2) is 29.5 Å². The van der Waals surface area contributed by atoms with Crippen LogP contribution in [0.3, 0.4) is 0 Å². The number of rotatable bonds is 2. The lowest BCUT2D eigenvalue weighted by molar-refractivity contribution is 0.376. The van der Waals surface area contributed by atoms with Crippen molar-refractivity contribution in [3.8, 4) is 0 Å². The van der Waals surface area contributed by atoms with E-state index in [0.29, 0.717) is 0 Å². The van der Waals surface area contributed by atoms with Gasteiger partial charge in [-0.2, -0.15) is 0 Å². The van der Waals surface area contributed by atoms with Gasteiger partial charge in [-0.15, -0.1) is 0 Å². The molecule has 0 rings (SSSR count). The van der Waals surface area contributed by atoms with Gasteiger partial charge in [0.25, 0.3) is 0 Å². The summed E-state index contributed by atoms with van der Waals surface area (Å²) in [4.78, 5) is 0. The van der Waals surface area contributed by atoms with E-state index in [1.54, 1.807) is 0 Å². The molecule has 0 amide bonds. The van der Waals surface area contributed by atoms with Crippen molar-refractivity contribution in [1.29, 1.82) is 0 Å². The Labute approximate surface area is 106 Å². The average Bonchev–Trinajstić information content (AvgIpc) is 1.70. The van der Waals surface area contributed by atoms with Crippen LogP contribution >= 0.6 is 0 Å². The van der Waals surface area contributed by atoms with E-state index in [2.05, 4.69) is 71.4 Å². The van der Waals surface area contributed by atoms with Crippen LogP contribution in [0, 0.1) is 0 Å². The van der Waals surface area contributed by atoms with Crippen LogP contribution in [0.15, 0.2) is 4.36 Å². The molecule has 0 heterocycles. The van der Waals surface area contributed by atoms with E-state index in [4.69, 9.17) is 4.36 Å². The first-order valence-electron chi connectivity index (χ1n) is 5.94. The minimum atomic E-state index is -1.33. The smallest absolute Gasteiger partial charge is 0.133 e. The van der Waals surface area contributed by atoms with Gasteiger partial charge in [0, 0.05) is 11.8 Å². The van der Waals surface area contributed by atoms with Gasteiger partial charge in [0.1, 0.15) is 8.24 Å². The lowest BCUT2D eigenvalue weighted by Crippen LogP contribution is -2.56. The molecule has 0 aromatic rings. The number of hydrogen-bond donors (Lipinski definition) is 0. The van der Waals surface area contributed by atoms with Gasteiger partial charge in [-0.25, -0.2) is 4.36 Å². The maximum atomic E-state index is 4.93. The maximum absolute atomic E-state index is 4.93. The van der Waals surface area contributed by atoms with E-state index in [9.17, 15) is 0 Å². The van der Waals surface area contributed by atoms with Gasteiger partial charge in [0.2, 0.25) is 0 Å². The second-order valence-electron chi connectivity index (χ2n) is 7.34. The fraction of sp³-hybridized carbons (Fsp3) is 1.00. The predicted molar refractivity (Wildman–Crippen MR) is 80.4 cm³/mol. The SMILES string of the molecule is CS(=NC(C)(C)C)N(C(C)(C)C)[Si](C)(C)C. The fourth-order valence-corrected chi connectivity index (χ4v) is 9.21. The van der Waals surface area contributed by atoms with Crippen LogP contribution in [0.25, 0.3) is 0 Å². The highest BCUT2D eigenvalue weighted by molar-refractivity contribution is 7.85. The molecule has 98 valence electrons. The highest BCUT2D eigenvalue weighted by Gasteiger charge is 2.35. The van der Waals surface area contributed by atoms with E-state index in [0.717, 1.165) is 0 Å². The van der Waals surface area contributed by atoms with Gasteiger partial charge in [-0.3, -0.25) is 3.97 Å². The van der Waals surface area contributed by atoms with Crippen LogP contribution in [0.5, 0.6) is 0 Å². The summed E-state index contributed by atoms with van der Waals surface area (Å²) in [5.41, 5.74) is 0.262. The molecule has 0 N–H and O–H groups in total. The second kappa shape index (κ2) is 4.90. The molecule has 4 heteroatoms. The minimum Gasteiger partial charge on any atom is -0.259 e. The first-order chi connectivity index (χ1) is 6.75. The zero-order chi connectivity index (χ0) is 13.4. The Hall–Kier alpha value is 0.327. The van der Waals surface area contributed by atoms with Gasteiger partial charge < -0.3 is 0 Å². The Morgan fingerprint density at radius 1 is 0.938 bits per heavy atom. The van der Waals surface area contributed by atoms with E-state index in [1.165, 1.54) is 0 Å². The van der Waals surface area contributed by atoms with Gasteiger partial charge in [-0.05, 0) is 52.4 Å². The van der Waals surface area contributed by atoms with Crippen LogP contribution in [0.1, 0.15) is 41.5 Å². The molecular formula is C12H30N2SSi. The van der Waals surface area contributed by atoms with Crippen molar-refractivity contribution in [3.05, 3.63) is 0 Å². The third-order valence-corrected chi connectivity index (χ3v) is 8.10. The molecule has 0 bridgehead atoms. The third kappa shape index (κ3) is 5.59. The van der Waals surface area contributed by atoms with Crippen molar-refractivity contribution in [1.82, 2.24) is 3.97 Å². The quantitative estimate of drug-likeness (QED) is 0.685.